The summed E-state index contributed by atoms with van der Waals surface area (Å²) in [6.07, 6.45) is 0. The first-order valence-corrected chi connectivity index (χ1v) is 4.30. The summed E-state index contributed by atoms with van der Waals surface area (Å²) in [5.74, 6) is -0.113. The van der Waals surface area contributed by atoms with Crippen LogP contribution in [0.4, 0.5) is 0 Å². The highest BCUT2D eigenvalue weighted by Crippen LogP contribution is 2.37. The third-order valence-electron chi connectivity index (χ3n) is 1.85. The largest absolute Gasteiger partial charge is 0.506 e. The zero-order chi connectivity index (χ0) is 10.0. The molecule has 0 aliphatic heterocycles. The second kappa shape index (κ2) is 3.85. The van der Waals surface area contributed by atoms with Gasteiger partial charge in [-0.2, -0.15) is 0 Å². The molecule has 0 unspecified atom stereocenters. The molecule has 0 fully saturated rings. The molecule has 4 heteroatoms. The normalized spacial score (nSPS) is 10.4. The Bertz CT molecular complexity index is 326. The molecule has 1 aromatic rings. The van der Waals surface area contributed by atoms with Crippen LogP contribution in [0, 0.1) is 6.92 Å². The summed E-state index contributed by atoms with van der Waals surface area (Å²) in [7, 11) is 1.77. The monoisotopic (exact) mass is 201 g/mol. The Morgan fingerprint density at radius 3 is 2.54 bits per heavy atom. The summed E-state index contributed by atoms with van der Waals surface area (Å²) in [5.41, 5.74) is 1.34. The highest BCUT2D eigenvalue weighted by Gasteiger charge is 2.12. The first-order chi connectivity index (χ1) is 6.07. The molecular weight excluding hydrogens is 190 g/mol. The predicted octanol–water partition coefficient (Wildman–Crippen LogP) is 1.78. The maximum atomic E-state index is 9.50. The zero-order valence-corrected chi connectivity index (χ0v) is 8.31. The molecule has 0 bridgehead atoms. The van der Waals surface area contributed by atoms with Gasteiger partial charge in [-0.1, -0.05) is 11.6 Å². The fraction of sp³-hybridized carbons (Fsp3) is 0.333. The van der Waals surface area contributed by atoms with E-state index >= 15 is 0 Å². The molecule has 3 N–H and O–H groups in total. The van der Waals surface area contributed by atoms with Crippen LogP contribution in [-0.2, 0) is 6.54 Å². The van der Waals surface area contributed by atoms with Crippen LogP contribution in [-0.4, -0.2) is 17.3 Å². The van der Waals surface area contributed by atoms with Crippen molar-refractivity contribution >= 4 is 11.6 Å². The van der Waals surface area contributed by atoms with Gasteiger partial charge in [-0.3, -0.25) is 0 Å². The van der Waals surface area contributed by atoms with Crippen LogP contribution in [0.15, 0.2) is 6.07 Å². The number of hydrogen-bond acceptors (Lipinski definition) is 3. The van der Waals surface area contributed by atoms with Crippen molar-refractivity contribution in [1.29, 1.82) is 0 Å². The number of nitrogens with one attached hydrogen (secondary N) is 1. The van der Waals surface area contributed by atoms with Gasteiger partial charge in [0.25, 0.3) is 0 Å². The Morgan fingerprint density at radius 1 is 1.38 bits per heavy atom. The molecule has 0 saturated heterocycles. The number of rotatable bonds is 2. The number of aryl methyl sites for hydroxylation is 1. The zero-order valence-electron chi connectivity index (χ0n) is 7.56. The molecule has 3 nitrogen and oxygen atoms in total. The molecule has 1 rings (SSSR count). The van der Waals surface area contributed by atoms with Crippen molar-refractivity contribution in [2.75, 3.05) is 7.05 Å². The topological polar surface area (TPSA) is 52.5 Å². The predicted molar refractivity (Wildman–Crippen MR) is 52.3 cm³/mol. The maximum Gasteiger partial charge on any atom is 0.142 e. The van der Waals surface area contributed by atoms with E-state index in [1.807, 2.05) is 0 Å². The number of phenols is 2. The number of hydrogen-bond donors (Lipinski definition) is 3. The summed E-state index contributed by atoms with van der Waals surface area (Å²) in [5, 5.41) is 21.8. The lowest BCUT2D eigenvalue weighted by Gasteiger charge is -2.09. The Balaban J connectivity index is 3.24. The van der Waals surface area contributed by atoms with Crippen molar-refractivity contribution in [3.8, 4) is 11.5 Å². The first kappa shape index (κ1) is 10.2. The van der Waals surface area contributed by atoms with Gasteiger partial charge in [-0.05, 0) is 25.6 Å². The average Bonchev–Trinajstić information content (AvgIpc) is 2.11. The van der Waals surface area contributed by atoms with Crippen LogP contribution in [0.2, 0.25) is 5.02 Å². The summed E-state index contributed by atoms with van der Waals surface area (Å²) < 4.78 is 0. The van der Waals surface area contributed by atoms with Crippen molar-refractivity contribution in [2.24, 2.45) is 0 Å². The Kier molecular flexibility index (Phi) is 3.01. The van der Waals surface area contributed by atoms with Crippen LogP contribution in [0.3, 0.4) is 0 Å². The van der Waals surface area contributed by atoms with Crippen molar-refractivity contribution in [1.82, 2.24) is 5.32 Å². The Morgan fingerprint density at radius 2 is 2.00 bits per heavy atom. The van der Waals surface area contributed by atoms with Crippen molar-refractivity contribution in [3.63, 3.8) is 0 Å². The first-order valence-electron chi connectivity index (χ1n) is 3.92. The van der Waals surface area contributed by atoms with Crippen LogP contribution in [0.25, 0.3) is 0 Å². The van der Waals surface area contributed by atoms with E-state index < -0.39 is 0 Å². The number of aromatic hydroxyl groups is 2. The van der Waals surface area contributed by atoms with Gasteiger partial charge in [0.1, 0.15) is 16.5 Å². The Hall–Kier alpha value is -0.930. The molecule has 0 radical (unpaired) electrons. The van der Waals surface area contributed by atoms with E-state index in [4.69, 9.17) is 11.6 Å². The molecule has 0 amide bonds. The minimum atomic E-state index is -0.0565. The van der Waals surface area contributed by atoms with Crippen LogP contribution in [0.5, 0.6) is 11.5 Å². The van der Waals surface area contributed by atoms with Crippen LogP contribution in [0.1, 0.15) is 11.1 Å². The third kappa shape index (κ3) is 1.87. The number of benzene rings is 1. The quantitative estimate of drug-likeness (QED) is 0.684. The summed E-state index contributed by atoms with van der Waals surface area (Å²) in [6, 6.07) is 1.70. The molecule has 0 aliphatic carbocycles. The SMILES string of the molecule is CNCc1cc(C)c(O)c(Cl)c1O. The smallest absolute Gasteiger partial charge is 0.142 e. The fourth-order valence-corrected chi connectivity index (χ4v) is 1.42. The molecule has 0 spiro atoms. The summed E-state index contributed by atoms with van der Waals surface area (Å²) in [6.45, 7) is 2.26. The van der Waals surface area contributed by atoms with Gasteiger partial charge in [-0.25, -0.2) is 0 Å². The van der Waals surface area contributed by atoms with Gasteiger partial charge in [0.05, 0.1) is 0 Å². The molecule has 0 atom stereocenters. The lowest BCUT2D eigenvalue weighted by molar-refractivity contribution is 0.442. The van der Waals surface area contributed by atoms with Crippen LogP contribution < -0.4 is 5.32 Å². The van der Waals surface area contributed by atoms with E-state index in [0.717, 1.165) is 0 Å². The standard InChI is InChI=1S/C9H12ClNO2/c1-5-3-6(4-11-2)9(13)7(10)8(5)12/h3,11-13H,4H2,1-2H3. The number of halogens is 1. The number of phenolic OH excluding ortho intramolecular Hbond substituents is 2. The van der Waals surface area contributed by atoms with Gasteiger partial charge in [0.2, 0.25) is 0 Å². The van der Waals surface area contributed by atoms with Crippen LogP contribution >= 0.6 is 11.6 Å². The third-order valence-corrected chi connectivity index (χ3v) is 2.21. The molecule has 0 aromatic heterocycles. The van der Waals surface area contributed by atoms with Crippen molar-refractivity contribution in [3.05, 3.63) is 22.2 Å². The molecule has 0 heterocycles. The van der Waals surface area contributed by atoms with Gasteiger partial charge in [0.15, 0.2) is 0 Å². The second-order valence-electron chi connectivity index (χ2n) is 2.89. The van der Waals surface area contributed by atoms with E-state index in [-0.39, 0.29) is 16.5 Å². The van der Waals surface area contributed by atoms with Gasteiger partial charge in [0, 0.05) is 12.1 Å². The minimum Gasteiger partial charge on any atom is -0.506 e. The fourth-order valence-electron chi connectivity index (χ4n) is 1.15. The molecule has 0 saturated carbocycles. The molecule has 1 aromatic carbocycles. The molecule has 72 valence electrons. The van der Waals surface area contributed by atoms with E-state index in [2.05, 4.69) is 5.32 Å². The minimum absolute atomic E-state index is 0.0188. The van der Waals surface area contributed by atoms with Gasteiger partial charge >= 0.3 is 0 Å². The maximum absolute atomic E-state index is 9.50. The van der Waals surface area contributed by atoms with E-state index in [9.17, 15) is 10.2 Å². The molecule has 0 aliphatic rings. The lowest BCUT2D eigenvalue weighted by atomic mass is 10.1. The summed E-state index contributed by atoms with van der Waals surface area (Å²) >= 11 is 5.70. The lowest BCUT2D eigenvalue weighted by Crippen LogP contribution is -2.05. The van der Waals surface area contributed by atoms with E-state index in [0.29, 0.717) is 17.7 Å². The highest BCUT2D eigenvalue weighted by molar-refractivity contribution is 6.33. The van der Waals surface area contributed by atoms with Gasteiger partial charge < -0.3 is 15.5 Å². The highest BCUT2D eigenvalue weighted by atomic mass is 35.5. The van der Waals surface area contributed by atoms with E-state index in [1.54, 1.807) is 20.0 Å². The van der Waals surface area contributed by atoms with Crippen molar-refractivity contribution < 1.29 is 10.2 Å². The molecular formula is C9H12ClNO2. The second-order valence-corrected chi connectivity index (χ2v) is 3.27. The molecule has 13 heavy (non-hydrogen) atoms. The van der Waals surface area contributed by atoms with E-state index in [1.165, 1.54) is 0 Å². The summed E-state index contributed by atoms with van der Waals surface area (Å²) in [4.78, 5) is 0. The average molecular weight is 202 g/mol. The Labute approximate surface area is 82.0 Å². The van der Waals surface area contributed by atoms with Gasteiger partial charge in [-0.15, -0.1) is 0 Å². The van der Waals surface area contributed by atoms with Crippen molar-refractivity contribution in [2.45, 2.75) is 13.5 Å².